The van der Waals surface area contributed by atoms with Gasteiger partial charge in [0.1, 0.15) is 29.2 Å². The van der Waals surface area contributed by atoms with Gasteiger partial charge in [0.2, 0.25) is 21.8 Å². The third-order valence-electron chi connectivity index (χ3n) is 9.73. The van der Waals surface area contributed by atoms with Gasteiger partial charge in [-0.1, -0.05) is 42.5 Å². The molecule has 4 N–H and O–H groups in total. The number of rotatable bonds is 7. The number of allylic oxidation sites excluding steroid dienone is 1. The number of amides is 3. The largest absolute Gasteiger partial charge is 0.497 e. The zero-order valence-corrected chi connectivity index (χ0v) is 27.4. The van der Waals surface area contributed by atoms with Gasteiger partial charge in [-0.05, 0) is 50.7 Å². The lowest BCUT2D eigenvalue weighted by Gasteiger charge is -2.28. The lowest BCUT2D eigenvalue weighted by molar-refractivity contribution is -0.140. The van der Waals surface area contributed by atoms with E-state index in [1.54, 1.807) is 7.11 Å². The van der Waals surface area contributed by atoms with Crippen molar-refractivity contribution in [2.24, 2.45) is 11.7 Å². The minimum absolute atomic E-state index is 0.0994. The molecule has 48 heavy (non-hydrogen) atoms. The average Bonchev–Trinajstić information content (AvgIpc) is 4.01. The summed E-state index contributed by atoms with van der Waals surface area (Å²) in [5, 5.41) is 3.02. The summed E-state index contributed by atoms with van der Waals surface area (Å²) in [6.45, 7) is 0.0994. The first-order valence-electron chi connectivity index (χ1n) is 16.4. The van der Waals surface area contributed by atoms with E-state index in [-0.39, 0.29) is 31.2 Å². The van der Waals surface area contributed by atoms with Gasteiger partial charge in [0.05, 0.1) is 36.2 Å². The van der Waals surface area contributed by atoms with Crippen LogP contribution in [0.3, 0.4) is 0 Å². The monoisotopic (exact) mass is 673 g/mol. The van der Waals surface area contributed by atoms with Crippen molar-refractivity contribution in [2.45, 2.75) is 73.9 Å². The number of ether oxygens (including phenoxy) is 2. The van der Waals surface area contributed by atoms with Crippen LogP contribution in [0.25, 0.3) is 22.2 Å². The number of hydrogen-bond donors (Lipinski definition) is 3. The van der Waals surface area contributed by atoms with E-state index < -0.39 is 50.8 Å². The predicted molar refractivity (Wildman–Crippen MR) is 178 cm³/mol. The van der Waals surface area contributed by atoms with Crippen LogP contribution in [0.15, 0.2) is 66.7 Å². The molecule has 5 atom stereocenters. The Balaban J connectivity index is 1.19. The van der Waals surface area contributed by atoms with Crippen LogP contribution >= 0.6 is 0 Å². The minimum atomic E-state index is -3.83. The Kier molecular flexibility index (Phi) is 8.36. The van der Waals surface area contributed by atoms with Gasteiger partial charge in [-0.2, -0.15) is 0 Å². The van der Waals surface area contributed by atoms with E-state index in [1.807, 2.05) is 66.7 Å². The molecule has 0 bridgehead atoms. The van der Waals surface area contributed by atoms with Crippen molar-refractivity contribution in [3.63, 3.8) is 0 Å². The summed E-state index contributed by atoms with van der Waals surface area (Å²) < 4.78 is 39.6. The van der Waals surface area contributed by atoms with Crippen LogP contribution in [0, 0.1) is 5.92 Å². The molecule has 2 saturated carbocycles. The molecule has 7 rings (SSSR count). The SMILES string of the molecule is COc1ccc2c(O[C@@H]3C[C@H]4C(=O)N[C@]5(C(=O)NS(=O)(=O)C6CC6)C[C@H]5C=CCCC[C@H](N)C(=O)N4C3)cc(-c3ccccc3)nc2c1. The van der Waals surface area contributed by atoms with Crippen LogP contribution in [-0.4, -0.2) is 78.7 Å². The number of pyridine rings is 1. The molecule has 252 valence electrons. The predicted octanol–water partition coefficient (Wildman–Crippen LogP) is 2.81. The van der Waals surface area contributed by atoms with E-state index in [2.05, 4.69) is 10.0 Å². The van der Waals surface area contributed by atoms with Gasteiger partial charge in [-0.3, -0.25) is 19.1 Å². The second-order valence-corrected chi connectivity index (χ2v) is 15.1. The molecule has 2 aromatic carbocycles. The Morgan fingerprint density at radius 1 is 1.10 bits per heavy atom. The van der Waals surface area contributed by atoms with Crippen molar-refractivity contribution in [2.75, 3.05) is 13.7 Å². The maximum atomic E-state index is 14.0. The number of nitrogens with one attached hydrogen (secondary N) is 2. The minimum Gasteiger partial charge on any atom is -0.497 e. The Hall–Kier alpha value is -4.49. The first kappa shape index (κ1) is 32.1. The maximum Gasteiger partial charge on any atom is 0.259 e. The molecule has 13 heteroatoms. The van der Waals surface area contributed by atoms with Crippen LogP contribution in [0.5, 0.6) is 11.5 Å². The molecule has 0 spiro atoms. The second-order valence-electron chi connectivity index (χ2n) is 13.1. The summed E-state index contributed by atoms with van der Waals surface area (Å²) >= 11 is 0. The van der Waals surface area contributed by atoms with Gasteiger partial charge in [0, 0.05) is 35.4 Å². The van der Waals surface area contributed by atoms with Crippen LogP contribution in [0.2, 0.25) is 0 Å². The molecule has 0 radical (unpaired) electrons. The molecule has 1 aromatic heterocycles. The topological polar surface area (TPSA) is 170 Å². The third-order valence-corrected chi connectivity index (χ3v) is 11.5. The van der Waals surface area contributed by atoms with E-state index >= 15 is 0 Å². The van der Waals surface area contributed by atoms with E-state index in [4.69, 9.17) is 20.2 Å². The highest BCUT2D eigenvalue weighted by Gasteiger charge is 2.62. The van der Waals surface area contributed by atoms with Gasteiger partial charge >= 0.3 is 0 Å². The highest BCUT2D eigenvalue weighted by Crippen LogP contribution is 2.46. The normalized spacial score (nSPS) is 27.5. The summed E-state index contributed by atoms with van der Waals surface area (Å²) in [7, 11) is -2.25. The fourth-order valence-corrected chi connectivity index (χ4v) is 8.10. The van der Waals surface area contributed by atoms with Gasteiger partial charge in [0.15, 0.2) is 0 Å². The summed E-state index contributed by atoms with van der Waals surface area (Å²) in [6.07, 6.45) is 6.25. The Labute approximate surface area is 279 Å². The smallest absolute Gasteiger partial charge is 0.259 e. The fourth-order valence-electron chi connectivity index (χ4n) is 6.73. The Morgan fingerprint density at radius 3 is 2.65 bits per heavy atom. The number of sulfonamides is 1. The third kappa shape index (κ3) is 6.24. The Morgan fingerprint density at radius 2 is 1.90 bits per heavy atom. The van der Waals surface area contributed by atoms with Gasteiger partial charge < -0.3 is 25.4 Å². The number of carbonyl (C=O) groups excluding carboxylic acids is 3. The molecule has 4 aliphatic rings. The zero-order valence-electron chi connectivity index (χ0n) is 26.6. The number of fused-ring (bicyclic) bond motifs is 3. The first-order valence-corrected chi connectivity index (χ1v) is 17.9. The molecule has 12 nitrogen and oxygen atoms in total. The number of benzene rings is 2. The second kappa shape index (κ2) is 12.5. The van der Waals surface area contributed by atoms with Crippen LogP contribution in [0.1, 0.15) is 44.9 Å². The molecule has 3 aromatic rings. The highest BCUT2D eigenvalue weighted by atomic mass is 32.2. The number of hydrogen-bond acceptors (Lipinski definition) is 9. The van der Waals surface area contributed by atoms with Crippen LogP contribution in [0.4, 0.5) is 0 Å². The standard InChI is InChI=1S/C35H39N5O7S/c1-46-23-12-15-26-29(16-23)37-28(21-8-4-2-5-9-21)18-31(26)47-24-17-30-32(41)38-35(34(43)39-48(44,45)25-13-14-25)19-22(35)10-6-3-7-11-27(36)33(42)40(30)20-24/h2,4-6,8-10,12,15-16,18,22,24-25,27,30H,3,7,11,13-14,17,19-20,36H2,1H3,(H,38,41)(H,39,43)/t22-,24-,27+,30+,35-/m1/s1. The number of carbonyl (C=O) groups is 3. The lowest BCUT2D eigenvalue weighted by Crippen LogP contribution is -2.57. The number of methoxy groups -OCH3 is 1. The first-order chi connectivity index (χ1) is 23.1. The summed E-state index contributed by atoms with van der Waals surface area (Å²) in [5.74, 6) is -0.878. The van der Waals surface area contributed by atoms with Gasteiger partial charge in [0.25, 0.3) is 5.91 Å². The van der Waals surface area contributed by atoms with Crippen molar-refractivity contribution < 1.29 is 32.3 Å². The van der Waals surface area contributed by atoms with E-state index in [0.717, 1.165) is 10.9 Å². The van der Waals surface area contributed by atoms with Crippen molar-refractivity contribution >= 4 is 38.6 Å². The number of aromatic nitrogens is 1. The zero-order chi connectivity index (χ0) is 33.6. The summed E-state index contributed by atoms with van der Waals surface area (Å²) in [6, 6.07) is 15.2. The van der Waals surface area contributed by atoms with Crippen LogP contribution < -0.4 is 25.2 Å². The van der Waals surface area contributed by atoms with Crippen molar-refractivity contribution in [3.8, 4) is 22.8 Å². The fraction of sp³-hybridized carbons (Fsp3) is 0.429. The molecule has 3 heterocycles. The molecule has 3 amide bonds. The maximum absolute atomic E-state index is 14.0. The molecule has 2 aliphatic heterocycles. The molecule has 0 unspecified atom stereocenters. The molecular weight excluding hydrogens is 634 g/mol. The Bertz CT molecular complexity index is 1900. The molecule has 3 fully saturated rings. The van der Waals surface area contributed by atoms with E-state index in [0.29, 0.717) is 54.8 Å². The number of nitrogens with zero attached hydrogens (tertiary/aromatic N) is 2. The molecule has 2 aliphatic carbocycles. The van der Waals surface area contributed by atoms with Gasteiger partial charge in [-0.15, -0.1) is 0 Å². The lowest BCUT2D eigenvalue weighted by atomic mass is 10.1. The summed E-state index contributed by atoms with van der Waals surface area (Å²) in [4.78, 5) is 47.6. The van der Waals surface area contributed by atoms with E-state index in [1.165, 1.54) is 4.90 Å². The quantitative estimate of drug-likeness (QED) is 0.319. The molecular formula is C35H39N5O7S. The van der Waals surface area contributed by atoms with Crippen LogP contribution in [-0.2, 0) is 24.4 Å². The van der Waals surface area contributed by atoms with Crippen molar-refractivity contribution in [1.29, 1.82) is 0 Å². The van der Waals surface area contributed by atoms with Crippen molar-refractivity contribution in [3.05, 3.63) is 66.7 Å². The molecule has 1 saturated heterocycles. The number of nitrogens with two attached hydrogens (primary N) is 1. The summed E-state index contributed by atoms with van der Waals surface area (Å²) in [5.41, 5.74) is 7.16. The highest BCUT2D eigenvalue weighted by molar-refractivity contribution is 7.91. The van der Waals surface area contributed by atoms with E-state index in [9.17, 15) is 22.8 Å². The van der Waals surface area contributed by atoms with Crippen molar-refractivity contribution in [1.82, 2.24) is 19.9 Å². The average molecular weight is 674 g/mol. The van der Waals surface area contributed by atoms with Gasteiger partial charge in [-0.25, -0.2) is 13.4 Å².